The van der Waals surface area contributed by atoms with E-state index < -0.39 is 0 Å². The molecular formula is C29H28FN3O3. The van der Waals surface area contributed by atoms with Crippen LogP contribution in [0.3, 0.4) is 0 Å². The van der Waals surface area contributed by atoms with Gasteiger partial charge in [-0.2, -0.15) is 0 Å². The van der Waals surface area contributed by atoms with Crippen LogP contribution in [0, 0.1) is 5.82 Å². The lowest BCUT2D eigenvalue weighted by molar-refractivity contribution is -0.134. The highest BCUT2D eigenvalue weighted by Crippen LogP contribution is 2.40. The maximum atomic E-state index is 13.9. The van der Waals surface area contributed by atoms with Crippen molar-refractivity contribution in [2.24, 2.45) is 0 Å². The first-order valence-electron chi connectivity index (χ1n) is 12.6. The number of carbonyl (C=O) groups excluding carboxylic acids is 2. The molecular weight excluding hydrogens is 457 g/mol. The van der Waals surface area contributed by atoms with Crippen LogP contribution in [0.15, 0.2) is 71.3 Å². The topological polar surface area (TPSA) is 58.7 Å². The van der Waals surface area contributed by atoms with Gasteiger partial charge >= 0.3 is 0 Å². The largest absolute Gasteiger partial charge is 0.459 e. The number of hydrogen-bond donors (Lipinski definition) is 0. The second-order valence-corrected chi connectivity index (χ2v) is 9.63. The van der Waals surface area contributed by atoms with E-state index in [1.54, 1.807) is 29.2 Å². The number of carbonyl (C=O) groups is 2. The first-order chi connectivity index (χ1) is 17.6. The van der Waals surface area contributed by atoms with Crippen molar-refractivity contribution in [3.05, 3.63) is 95.3 Å². The van der Waals surface area contributed by atoms with Crippen molar-refractivity contribution in [3.63, 3.8) is 0 Å². The monoisotopic (exact) mass is 485 g/mol. The maximum Gasteiger partial charge on any atom is 0.289 e. The minimum absolute atomic E-state index is 0.132. The fraction of sp³-hybridized carbons (Fsp3) is 0.310. The van der Waals surface area contributed by atoms with Crippen molar-refractivity contribution in [1.82, 2.24) is 14.4 Å². The predicted molar refractivity (Wildman–Crippen MR) is 134 cm³/mol. The first kappa shape index (κ1) is 22.6. The summed E-state index contributed by atoms with van der Waals surface area (Å²) in [6, 6.07) is 18.3. The zero-order valence-electron chi connectivity index (χ0n) is 20.0. The van der Waals surface area contributed by atoms with E-state index in [1.807, 2.05) is 23.1 Å². The molecule has 3 heterocycles. The molecule has 0 bridgehead atoms. The van der Waals surface area contributed by atoms with Gasteiger partial charge in [-0.15, -0.1) is 0 Å². The lowest BCUT2D eigenvalue weighted by atomic mass is 9.84. The molecule has 2 aromatic carbocycles. The molecule has 2 aliphatic rings. The molecule has 184 valence electrons. The quantitative estimate of drug-likeness (QED) is 0.416. The number of furan rings is 1. The highest BCUT2D eigenvalue weighted by molar-refractivity contribution is 5.95. The molecule has 1 saturated heterocycles. The van der Waals surface area contributed by atoms with E-state index in [4.69, 9.17) is 4.42 Å². The van der Waals surface area contributed by atoms with Gasteiger partial charge in [0.1, 0.15) is 5.82 Å². The highest BCUT2D eigenvalue weighted by Gasteiger charge is 2.36. The van der Waals surface area contributed by atoms with E-state index in [9.17, 15) is 14.0 Å². The van der Waals surface area contributed by atoms with Gasteiger partial charge in [0.05, 0.1) is 12.2 Å². The van der Waals surface area contributed by atoms with Gasteiger partial charge in [0.25, 0.3) is 5.91 Å². The summed E-state index contributed by atoms with van der Waals surface area (Å²) in [6.07, 6.45) is 4.14. The summed E-state index contributed by atoms with van der Waals surface area (Å²) in [5.74, 6) is -0.115. The summed E-state index contributed by atoms with van der Waals surface area (Å²) < 4.78 is 21.4. The zero-order valence-corrected chi connectivity index (χ0v) is 20.0. The summed E-state index contributed by atoms with van der Waals surface area (Å²) in [6.45, 7) is 2.58. The van der Waals surface area contributed by atoms with E-state index in [0.717, 1.165) is 41.3 Å². The Bertz CT molecular complexity index is 1420. The predicted octanol–water partition coefficient (Wildman–Crippen LogP) is 4.83. The number of hydrogen-bond acceptors (Lipinski definition) is 3. The summed E-state index contributed by atoms with van der Waals surface area (Å²) in [4.78, 5) is 30.1. The average molecular weight is 486 g/mol. The lowest BCUT2D eigenvalue weighted by Gasteiger charge is -2.37. The normalized spacial score (nSPS) is 17.9. The zero-order chi connectivity index (χ0) is 24.6. The number of rotatable bonds is 4. The number of nitrogens with zero attached hydrogens (tertiary/aromatic N) is 3. The van der Waals surface area contributed by atoms with Crippen LogP contribution in [0.5, 0.6) is 0 Å². The summed E-state index contributed by atoms with van der Waals surface area (Å²) in [5, 5.41) is 1.11. The molecule has 2 aromatic heterocycles. The molecule has 7 heteroatoms. The van der Waals surface area contributed by atoms with Gasteiger partial charge < -0.3 is 18.8 Å². The smallest absolute Gasteiger partial charge is 0.289 e. The molecule has 0 N–H and O–H groups in total. The van der Waals surface area contributed by atoms with E-state index in [2.05, 4.69) is 16.7 Å². The van der Waals surface area contributed by atoms with Gasteiger partial charge in [-0.1, -0.05) is 30.3 Å². The number of para-hydroxylation sites is 1. The highest BCUT2D eigenvalue weighted by atomic mass is 19.1. The second kappa shape index (κ2) is 9.30. The molecule has 0 spiro atoms. The summed E-state index contributed by atoms with van der Waals surface area (Å²) >= 11 is 0. The SMILES string of the molecule is O=C(c1ccco1)N1CCN(C(=O)C2CCCc3c2c2ccccc2n3Cc2cccc(F)c2)CC1. The lowest BCUT2D eigenvalue weighted by Crippen LogP contribution is -2.51. The van der Waals surface area contributed by atoms with Crippen LogP contribution < -0.4 is 0 Å². The number of piperazine rings is 1. The number of benzene rings is 2. The first-order valence-corrected chi connectivity index (χ1v) is 12.6. The fourth-order valence-electron chi connectivity index (χ4n) is 5.81. The van der Waals surface area contributed by atoms with E-state index in [-0.39, 0.29) is 23.5 Å². The number of amides is 2. The Morgan fingerprint density at radius 1 is 0.944 bits per heavy atom. The molecule has 1 unspecified atom stereocenters. The van der Waals surface area contributed by atoms with Gasteiger partial charge in [0.15, 0.2) is 5.76 Å². The van der Waals surface area contributed by atoms with Gasteiger partial charge in [0.2, 0.25) is 5.91 Å². The maximum absolute atomic E-state index is 13.9. The number of aromatic nitrogens is 1. The van der Waals surface area contributed by atoms with E-state index >= 15 is 0 Å². The van der Waals surface area contributed by atoms with Crippen molar-refractivity contribution in [2.45, 2.75) is 31.7 Å². The Morgan fingerprint density at radius 2 is 1.75 bits per heavy atom. The van der Waals surface area contributed by atoms with Gasteiger partial charge in [-0.3, -0.25) is 9.59 Å². The molecule has 1 fully saturated rings. The Balaban J connectivity index is 1.27. The van der Waals surface area contributed by atoms with Crippen molar-refractivity contribution >= 4 is 22.7 Å². The van der Waals surface area contributed by atoms with Crippen LogP contribution in [0.2, 0.25) is 0 Å². The van der Waals surface area contributed by atoms with Crippen molar-refractivity contribution in [1.29, 1.82) is 0 Å². The molecule has 4 aromatic rings. The van der Waals surface area contributed by atoms with Crippen LogP contribution >= 0.6 is 0 Å². The number of halogens is 1. The molecule has 1 aliphatic heterocycles. The van der Waals surface area contributed by atoms with Crippen LogP contribution in [0.25, 0.3) is 10.9 Å². The van der Waals surface area contributed by atoms with Crippen molar-refractivity contribution in [2.75, 3.05) is 26.2 Å². The molecule has 0 radical (unpaired) electrons. The standard InChI is InChI=1S/C29H28FN3O3/c30-21-7-3-6-20(18-21)19-33-24-10-2-1-8-22(24)27-23(9-4-11-25(27)33)28(34)31-13-15-32(16-14-31)29(35)26-12-5-17-36-26/h1-3,5-8,10,12,17-18,23H,4,9,11,13-16,19H2. The molecule has 0 saturated carbocycles. The van der Waals surface area contributed by atoms with Crippen LogP contribution in [0.1, 0.15) is 46.1 Å². The Kier molecular flexibility index (Phi) is 5.83. The van der Waals surface area contributed by atoms with Crippen LogP contribution in [0.4, 0.5) is 4.39 Å². The van der Waals surface area contributed by atoms with E-state index in [1.165, 1.54) is 18.0 Å². The van der Waals surface area contributed by atoms with Gasteiger partial charge in [-0.25, -0.2) is 4.39 Å². The minimum atomic E-state index is -0.240. The molecule has 36 heavy (non-hydrogen) atoms. The van der Waals surface area contributed by atoms with Crippen LogP contribution in [-0.4, -0.2) is 52.4 Å². The molecule has 2 amide bonds. The second-order valence-electron chi connectivity index (χ2n) is 9.63. The molecule has 1 atom stereocenters. The Morgan fingerprint density at radius 3 is 2.53 bits per heavy atom. The molecule has 6 rings (SSSR count). The summed E-state index contributed by atoms with van der Waals surface area (Å²) in [7, 11) is 0. The van der Waals surface area contributed by atoms with Crippen molar-refractivity contribution in [3.8, 4) is 0 Å². The summed E-state index contributed by atoms with van der Waals surface area (Å²) in [5.41, 5.74) is 4.29. The molecule has 1 aliphatic carbocycles. The van der Waals surface area contributed by atoms with Crippen molar-refractivity contribution < 1.29 is 18.4 Å². The molecule has 6 nitrogen and oxygen atoms in total. The third kappa shape index (κ3) is 3.98. The van der Waals surface area contributed by atoms with Gasteiger partial charge in [-0.05, 0) is 60.7 Å². The number of fused-ring (bicyclic) bond motifs is 3. The Labute approximate surface area is 208 Å². The van der Waals surface area contributed by atoms with Gasteiger partial charge in [0, 0.05) is 49.3 Å². The average Bonchev–Trinajstić information content (AvgIpc) is 3.56. The minimum Gasteiger partial charge on any atom is -0.459 e. The Hall–Kier alpha value is -3.87. The fourth-order valence-corrected chi connectivity index (χ4v) is 5.81. The van der Waals surface area contributed by atoms with Crippen LogP contribution in [-0.2, 0) is 17.8 Å². The third-order valence-corrected chi connectivity index (χ3v) is 7.51. The third-order valence-electron chi connectivity index (χ3n) is 7.51. The van der Waals surface area contributed by atoms with E-state index in [0.29, 0.717) is 38.5 Å².